The maximum Gasteiger partial charge on any atom is 0.346 e. The first-order chi connectivity index (χ1) is 9.40. The molecule has 0 saturated carbocycles. The van der Waals surface area contributed by atoms with Gasteiger partial charge in [-0.3, -0.25) is 25.1 Å². The molecule has 9 heteroatoms. The van der Waals surface area contributed by atoms with Gasteiger partial charge in [0, 0.05) is 12.0 Å². The Bertz CT molecular complexity index is 613. The second-order valence-electron chi connectivity index (χ2n) is 3.99. The van der Waals surface area contributed by atoms with E-state index >= 15 is 0 Å². The zero-order valence-corrected chi connectivity index (χ0v) is 10.2. The van der Waals surface area contributed by atoms with Gasteiger partial charge < -0.3 is 0 Å². The van der Waals surface area contributed by atoms with Crippen LogP contribution in [0.2, 0.25) is 0 Å². The first-order valence-electron chi connectivity index (χ1n) is 5.46. The van der Waals surface area contributed by atoms with Gasteiger partial charge in [-0.1, -0.05) is 0 Å². The molecule has 1 heterocycles. The van der Waals surface area contributed by atoms with E-state index in [0.717, 1.165) is 19.2 Å². The van der Waals surface area contributed by atoms with E-state index in [2.05, 4.69) is 10.3 Å². The summed E-state index contributed by atoms with van der Waals surface area (Å²) in [6.45, 7) is 0. The molecule has 1 aromatic rings. The van der Waals surface area contributed by atoms with Crippen molar-refractivity contribution < 1.29 is 18.9 Å². The molecule has 20 heavy (non-hydrogen) atoms. The fourth-order valence-corrected chi connectivity index (χ4v) is 1.60. The van der Waals surface area contributed by atoms with Crippen LogP contribution in [0.25, 0.3) is 0 Å². The molecule has 1 saturated heterocycles. The molecule has 1 aromatic carbocycles. The van der Waals surface area contributed by atoms with Gasteiger partial charge in [0.25, 0.3) is 0 Å². The summed E-state index contributed by atoms with van der Waals surface area (Å²) in [5.74, 6) is -1.88. The SMILES string of the molecule is CN1C(=O)NC(=Nc2ccc(F)cc2)C([N+](=O)[O-])C1=O. The van der Waals surface area contributed by atoms with Crippen molar-refractivity contribution in [3.05, 3.63) is 40.2 Å². The Morgan fingerprint density at radius 1 is 1.35 bits per heavy atom. The number of amides is 3. The molecule has 0 aliphatic carbocycles. The zero-order valence-electron chi connectivity index (χ0n) is 10.2. The third kappa shape index (κ3) is 2.46. The summed E-state index contributed by atoms with van der Waals surface area (Å²) in [6.07, 6.45) is 0. The smallest absolute Gasteiger partial charge is 0.289 e. The van der Waals surface area contributed by atoms with Crippen molar-refractivity contribution in [1.82, 2.24) is 10.2 Å². The molecule has 1 unspecified atom stereocenters. The summed E-state index contributed by atoms with van der Waals surface area (Å²) in [5, 5.41) is 13.1. The largest absolute Gasteiger partial charge is 0.346 e. The Kier molecular flexibility index (Phi) is 3.42. The molecule has 0 radical (unpaired) electrons. The minimum absolute atomic E-state index is 0.186. The lowest BCUT2D eigenvalue weighted by molar-refractivity contribution is -0.491. The molecule has 0 aromatic heterocycles. The van der Waals surface area contributed by atoms with Crippen LogP contribution < -0.4 is 5.32 Å². The van der Waals surface area contributed by atoms with Crippen molar-refractivity contribution in [2.75, 3.05) is 7.05 Å². The van der Waals surface area contributed by atoms with Crippen molar-refractivity contribution in [3.8, 4) is 0 Å². The highest BCUT2D eigenvalue weighted by molar-refractivity contribution is 6.20. The van der Waals surface area contributed by atoms with Gasteiger partial charge in [0.15, 0.2) is 5.84 Å². The highest BCUT2D eigenvalue weighted by atomic mass is 19.1. The molecule has 3 amide bonds. The van der Waals surface area contributed by atoms with Gasteiger partial charge in [0.1, 0.15) is 5.82 Å². The monoisotopic (exact) mass is 280 g/mol. The lowest BCUT2D eigenvalue weighted by atomic mass is 10.2. The van der Waals surface area contributed by atoms with Crippen LogP contribution in [0.3, 0.4) is 0 Å². The van der Waals surface area contributed by atoms with Gasteiger partial charge in [0.05, 0.1) is 5.69 Å². The molecule has 0 bridgehead atoms. The van der Waals surface area contributed by atoms with Crippen molar-refractivity contribution in [3.63, 3.8) is 0 Å². The summed E-state index contributed by atoms with van der Waals surface area (Å²) in [4.78, 5) is 37.7. The molecule has 1 fully saturated rings. The number of aliphatic imine (C=N–C) groups is 1. The number of nitrogens with zero attached hydrogens (tertiary/aromatic N) is 3. The lowest BCUT2D eigenvalue weighted by Crippen LogP contribution is -2.61. The van der Waals surface area contributed by atoms with E-state index in [0.29, 0.717) is 4.90 Å². The van der Waals surface area contributed by atoms with Crippen molar-refractivity contribution in [1.29, 1.82) is 0 Å². The minimum atomic E-state index is -1.79. The average Bonchev–Trinajstić information content (AvgIpc) is 2.38. The number of rotatable bonds is 2. The zero-order chi connectivity index (χ0) is 14.9. The van der Waals surface area contributed by atoms with E-state index in [1.165, 1.54) is 12.1 Å². The predicted octanol–water partition coefficient (Wildman–Crippen LogP) is 0.683. The summed E-state index contributed by atoms with van der Waals surface area (Å²) in [6, 6.07) is 2.16. The Morgan fingerprint density at radius 2 is 1.95 bits per heavy atom. The van der Waals surface area contributed by atoms with E-state index in [-0.39, 0.29) is 5.69 Å². The van der Waals surface area contributed by atoms with Crippen LogP contribution in [0.1, 0.15) is 0 Å². The van der Waals surface area contributed by atoms with E-state index in [1.807, 2.05) is 0 Å². The van der Waals surface area contributed by atoms with E-state index in [1.54, 1.807) is 0 Å². The number of hydrogen-bond donors (Lipinski definition) is 1. The fourth-order valence-electron chi connectivity index (χ4n) is 1.60. The number of likely N-dealkylation sites (N-methyl/N-ethyl adjacent to an activating group) is 1. The number of hydrogen-bond acceptors (Lipinski definition) is 5. The molecule has 1 N–H and O–H groups in total. The van der Waals surface area contributed by atoms with Crippen LogP contribution in [-0.4, -0.2) is 40.7 Å². The van der Waals surface area contributed by atoms with Gasteiger partial charge in [-0.2, -0.15) is 0 Å². The summed E-state index contributed by atoms with van der Waals surface area (Å²) in [5.41, 5.74) is 0.186. The quantitative estimate of drug-likeness (QED) is 0.635. The second-order valence-corrected chi connectivity index (χ2v) is 3.99. The number of imide groups is 1. The van der Waals surface area contributed by atoms with Gasteiger partial charge in [-0.05, 0) is 24.3 Å². The van der Waals surface area contributed by atoms with Crippen molar-refractivity contribution >= 4 is 23.5 Å². The number of urea groups is 1. The molecule has 1 aliphatic rings. The molecular formula is C11H9FN4O4. The average molecular weight is 280 g/mol. The summed E-state index contributed by atoms with van der Waals surface area (Å²) >= 11 is 0. The Morgan fingerprint density at radius 3 is 2.50 bits per heavy atom. The van der Waals surface area contributed by atoms with Crippen molar-refractivity contribution in [2.24, 2.45) is 4.99 Å². The number of carbonyl (C=O) groups is 2. The maximum atomic E-state index is 12.8. The highest BCUT2D eigenvalue weighted by Gasteiger charge is 2.45. The third-order valence-corrected chi connectivity index (χ3v) is 2.65. The number of amidine groups is 1. The van der Waals surface area contributed by atoms with Crippen LogP contribution in [-0.2, 0) is 4.79 Å². The number of halogens is 1. The molecule has 8 nitrogen and oxygen atoms in total. The number of nitrogens with one attached hydrogen (secondary N) is 1. The van der Waals surface area contributed by atoms with Gasteiger partial charge in [0.2, 0.25) is 0 Å². The van der Waals surface area contributed by atoms with Gasteiger partial charge in [-0.25, -0.2) is 14.2 Å². The first-order valence-corrected chi connectivity index (χ1v) is 5.46. The molecule has 1 aliphatic heterocycles. The number of nitro groups is 1. The second kappa shape index (κ2) is 5.03. The van der Waals surface area contributed by atoms with E-state index in [4.69, 9.17) is 0 Å². The third-order valence-electron chi connectivity index (χ3n) is 2.65. The van der Waals surface area contributed by atoms with Crippen LogP contribution >= 0.6 is 0 Å². The molecule has 2 rings (SSSR count). The van der Waals surface area contributed by atoms with Crippen molar-refractivity contribution in [2.45, 2.75) is 6.04 Å². The summed E-state index contributed by atoms with van der Waals surface area (Å²) < 4.78 is 12.8. The molecule has 1 atom stereocenters. The highest BCUT2D eigenvalue weighted by Crippen LogP contribution is 2.15. The predicted molar refractivity (Wildman–Crippen MR) is 65.6 cm³/mol. The lowest BCUT2D eigenvalue weighted by Gasteiger charge is -2.24. The maximum absolute atomic E-state index is 12.8. The molecule has 104 valence electrons. The van der Waals surface area contributed by atoms with E-state index in [9.17, 15) is 24.1 Å². The van der Waals surface area contributed by atoms with Crippen LogP contribution in [0.5, 0.6) is 0 Å². The fraction of sp³-hybridized carbons (Fsp3) is 0.182. The Balaban J connectivity index is 2.41. The van der Waals surface area contributed by atoms with Crippen LogP contribution in [0.15, 0.2) is 29.3 Å². The van der Waals surface area contributed by atoms with E-state index < -0.39 is 34.6 Å². The molecular weight excluding hydrogens is 271 g/mol. The number of benzene rings is 1. The number of carbonyl (C=O) groups excluding carboxylic acids is 2. The Labute approximate surface area is 112 Å². The van der Waals surface area contributed by atoms with Crippen LogP contribution in [0, 0.1) is 15.9 Å². The van der Waals surface area contributed by atoms with Gasteiger partial charge >= 0.3 is 18.0 Å². The standard InChI is InChI=1S/C11H9FN4O4/c1-15-10(17)8(16(19)20)9(14-11(15)18)13-7-4-2-6(12)3-5-7/h2-5,8H,1H3,(H,13,14,18). The minimum Gasteiger partial charge on any atom is -0.289 e. The Hall–Kier alpha value is -2.84. The van der Waals surface area contributed by atoms with Gasteiger partial charge in [-0.15, -0.1) is 0 Å². The topological polar surface area (TPSA) is 105 Å². The normalized spacial score (nSPS) is 21.0. The molecule has 0 spiro atoms. The van der Waals surface area contributed by atoms with Crippen LogP contribution in [0.4, 0.5) is 14.9 Å². The first kappa shape index (κ1) is 13.6. The summed E-state index contributed by atoms with van der Waals surface area (Å²) in [7, 11) is 1.13.